The van der Waals surface area contributed by atoms with E-state index in [2.05, 4.69) is 20.3 Å². The van der Waals surface area contributed by atoms with Crippen LogP contribution in [0.1, 0.15) is 41.7 Å². The van der Waals surface area contributed by atoms with Crippen LogP contribution >= 0.6 is 11.6 Å². The molecule has 1 amide bonds. The molecule has 6 rings (SSSR count). The van der Waals surface area contributed by atoms with Crippen molar-refractivity contribution >= 4 is 39.6 Å². The van der Waals surface area contributed by atoms with Gasteiger partial charge in [0, 0.05) is 30.4 Å². The first-order valence-electron chi connectivity index (χ1n) is 12.5. The fourth-order valence-electron chi connectivity index (χ4n) is 5.43. The van der Waals surface area contributed by atoms with Crippen molar-refractivity contribution in [1.29, 1.82) is 0 Å². The molecule has 1 aliphatic rings. The highest BCUT2D eigenvalue weighted by atomic mass is 35.5. The standard InChI is InChI=1S/C28H27ClN6O2/c1-17-23(13-20(29)14-31-17)27(36)33-21-8-6-18(7-9-21)16-34-24-4-2-3-5-25(24)35(28(34)37)22-12-19-10-11-30-26(19)32-15-22/h2-5,10-15,18,21H,6-9,16H2,1H3,(H,30,32)(H,33,36)/t18-,21-. The summed E-state index contributed by atoms with van der Waals surface area (Å²) in [5.74, 6) is 0.216. The van der Waals surface area contributed by atoms with E-state index in [-0.39, 0.29) is 17.6 Å². The minimum Gasteiger partial charge on any atom is -0.349 e. The third-order valence-electron chi connectivity index (χ3n) is 7.40. The molecule has 0 saturated heterocycles. The molecule has 1 fully saturated rings. The molecule has 4 heterocycles. The molecule has 9 heteroatoms. The van der Waals surface area contributed by atoms with Crippen molar-refractivity contribution in [3.05, 3.63) is 87.8 Å². The van der Waals surface area contributed by atoms with E-state index < -0.39 is 0 Å². The van der Waals surface area contributed by atoms with Crippen molar-refractivity contribution in [2.45, 2.75) is 45.2 Å². The van der Waals surface area contributed by atoms with E-state index in [0.717, 1.165) is 53.4 Å². The third-order valence-corrected chi connectivity index (χ3v) is 7.61. The van der Waals surface area contributed by atoms with Gasteiger partial charge in [0.05, 0.1) is 39.2 Å². The SMILES string of the molecule is Cc1ncc(Cl)cc1C(=O)N[C@H]1CC[C@H](Cn2c(=O)n(-c3cnc4[nH]ccc4c3)c3ccccc32)CC1. The van der Waals surface area contributed by atoms with Gasteiger partial charge in [0.15, 0.2) is 0 Å². The molecule has 8 nitrogen and oxygen atoms in total. The molecule has 1 aliphatic carbocycles. The molecule has 0 spiro atoms. The topological polar surface area (TPSA) is 97.6 Å². The number of aromatic amines is 1. The molecule has 37 heavy (non-hydrogen) atoms. The molecule has 1 saturated carbocycles. The molecule has 5 aromatic rings. The fourth-order valence-corrected chi connectivity index (χ4v) is 5.59. The van der Waals surface area contributed by atoms with Crippen LogP contribution in [0, 0.1) is 12.8 Å². The molecule has 0 bridgehead atoms. The van der Waals surface area contributed by atoms with E-state index >= 15 is 0 Å². The number of carbonyl (C=O) groups is 1. The Morgan fingerprint density at radius 3 is 2.68 bits per heavy atom. The van der Waals surface area contributed by atoms with Gasteiger partial charge in [0.2, 0.25) is 0 Å². The first kappa shape index (κ1) is 23.5. The number of nitrogens with one attached hydrogen (secondary N) is 2. The summed E-state index contributed by atoms with van der Waals surface area (Å²) < 4.78 is 3.64. The molecule has 0 unspecified atom stereocenters. The number of hydrogen-bond acceptors (Lipinski definition) is 4. The Morgan fingerprint density at radius 1 is 1.08 bits per heavy atom. The second-order valence-electron chi connectivity index (χ2n) is 9.80. The number of imidazole rings is 1. The van der Waals surface area contributed by atoms with Crippen molar-refractivity contribution in [3.8, 4) is 5.69 Å². The predicted octanol–water partition coefficient (Wildman–Crippen LogP) is 5.01. The Bertz CT molecular complexity index is 1680. The van der Waals surface area contributed by atoms with Gasteiger partial charge in [-0.3, -0.25) is 18.9 Å². The summed E-state index contributed by atoms with van der Waals surface area (Å²) in [6.07, 6.45) is 8.73. The normalized spacial score (nSPS) is 17.9. The van der Waals surface area contributed by atoms with Gasteiger partial charge >= 0.3 is 5.69 Å². The average Bonchev–Trinajstić information content (AvgIpc) is 3.48. The molecule has 4 aromatic heterocycles. The minimum atomic E-state index is -0.136. The number of pyridine rings is 2. The van der Waals surface area contributed by atoms with Gasteiger partial charge in [-0.05, 0) is 68.9 Å². The Morgan fingerprint density at radius 2 is 1.86 bits per heavy atom. The number of H-pyrrole nitrogens is 1. The molecule has 2 N–H and O–H groups in total. The summed E-state index contributed by atoms with van der Waals surface area (Å²) in [6, 6.07) is 13.6. The highest BCUT2D eigenvalue weighted by molar-refractivity contribution is 6.30. The van der Waals surface area contributed by atoms with Crippen molar-refractivity contribution in [3.63, 3.8) is 0 Å². The lowest BCUT2D eigenvalue weighted by atomic mass is 9.85. The van der Waals surface area contributed by atoms with Crippen LogP contribution in [0.15, 0.2) is 65.8 Å². The third kappa shape index (κ3) is 4.42. The second-order valence-corrected chi connectivity index (χ2v) is 10.2. The maximum atomic E-state index is 13.7. The number of nitrogens with zero attached hydrogens (tertiary/aromatic N) is 4. The number of fused-ring (bicyclic) bond motifs is 2. The summed E-state index contributed by atoms with van der Waals surface area (Å²) in [5, 5.41) is 4.56. The lowest BCUT2D eigenvalue weighted by Crippen LogP contribution is -2.39. The van der Waals surface area contributed by atoms with Gasteiger partial charge < -0.3 is 10.3 Å². The summed E-state index contributed by atoms with van der Waals surface area (Å²) in [4.78, 5) is 38.2. The number of aromatic nitrogens is 5. The van der Waals surface area contributed by atoms with E-state index in [1.54, 1.807) is 23.0 Å². The fraction of sp³-hybridized carbons (Fsp3) is 0.286. The Balaban J connectivity index is 1.20. The van der Waals surface area contributed by atoms with Gasteiger partial charge in [-0.2, -0.15) is 0 Å². The van der Waals surface area contributed by atoms with Crippen LogP contribution in [-0.2, 0) is 6.54 Å². The van der Waals surface area contributed by atoms with Crippen LogP contribution in [-0.4, -0.2) is 36.0 Å². The predicted molar refractivity (Wildman–Crippen MR) is 144 cm³/mol. The van der Waals surface area contributed by atoms with E-state index in [1.807, 2.05) is 54.1 Å². The molecule has 188 valence electrons. The number of amides is 1. The van der Waals surface area contributed by atoms with Gasteiger partial charge in [0.1, 0.15) is 5.65 Å². The summed E-state index contributed by atoms with van der Waals surface area (Å²) >= 11 is 6.04. The van der Waals surface area contributed by atoms with Crippen molar-refractivity contribution in [2.75, 3.05) is 0 Å². The van der Waals surface area contributed by atoms with Crippen molar-refractivity contribution in [1.82, 2.24) is 29.4 Å². The first-order chi connectivity index (χ1) is 18.0. The van der Waals surface area contributed by atoms with Crippen LogP contribution in [0.25, 0.3) is 27.8 Å². The van der Waals surface area contributed by atoms with Crippen LogP contribution in [0.3, 0.4) is 0 Å². The quantitative estimate of drug-likeness (QED) is 0.344. The maximum absolute atomic E-state index is 13.7. The van der Waals surface area contributed by atoms with Crippen molar-refractivity contribution in [2.24, 2.45) is 5.92 Å². The lowest BCUT2D eigenvalue weighted by Gasteiger charge is -2.29. The summed E-state index contributed by atoms with van der Waals surface area (Å²) in [5.41, 5.74) is 4.46. The van der Waals surface area contributed by atoms with Gasteiger partial charge in [0.25, 0.3) is 5.91 Å². The number of rotatable bonds is 5. The summed E-state index contributed by atoms with van der Waals surface area (Å²) in [6.45, 7) is 2.45. The van der Waals surface area contributed by atoms with E-state index in [4.69, 9.17) is 11.6 Å². The van der Waals surface area contributed by atoms with Crippen LogP contribution < -0.4 is 11.0 Å². The minimum absolute atomic E-state index is 0.0581. The molecular formula is C28H27ClN6O2. The number of hydrogen-bond donors (Lipinski definition) is 2. The Kier molecular flexibility index (Phi) is 6.04. The largest absolute Gasteiger partial charge is 0.349 e. The zero-order valence-electron chi connectivity index (χ0n) is 20.4. The maximum Gasteiger partial charge on any atom is 0.333 e. The van der Waals surface area contributed by atoms with E-state index in [9.17, 15) is 9.59 Å². The average molecular weight is 515 g/mol. The van der Waals surface area contributed by atoms with Crippen molar-refractivity contribution < 1.29 is 4.79 Å². The van der Waals surface area contributed by atoms with Gasteiger partial charge in [-0.25, -0.2) is 9.78 Å². The molecule has 0 atom stereocenters. The number of aryl methyl sites for hydroxylation is 1. The highest BCUT2D eigenvalue weighted by Crippen LogP contribution is 2.28. The number of carbonyl (C=O) groups excluding carboxylic acids is 1. The molecular weight excluding hydrogens is 488 g/mol. The number of benzene rings is 1. The zero-order valence-corrected chi connectivity index (χ0v) is 21.2. The monoisotopic (exact) mass is 514 g/mol. The molecule has 1 aromatic carbocycles. The van der Waals surface area contributed by atoms with Gasteiger partial charge in [-0.1, -0.05) is 23.7 Å². The molecule has 0 radical (unpaired) electrons. The smallest absolute Gasteiger partial charge is 0.333 e. The Labute approximate surface area is 218 Å². The highest BCUT2D eigenvalue weighted by Gasteiger charge is 2.25. The Hall–Kier alpha value is -3.91. The van der Waals surface area contributed by atoms with Gasteiger partial charge in [-0.15, -0.1) is 0 Å². The number of para-hydroxylation sites is 2. The molecule has 0 aliphatic heterocycles. The van der Waals surface area contributed by atoms with Crippen LogP contribution in [0.4, 0.5) is 0 Å². The van der Waals surface area contributed by atoms with E-state index in [1.165, 1.54) is 0 Å². The van der Waals surface area contributed by atoms with Crippen LogP contribution in [0.2, 0.25) is 5.02 Å². The van der Waals surface area contributed by atoms with E-state index in [0.29, 0.717) is 28.7 Å². The zero-order chi connectivity index (χ0) is 25.5. The second kappa shape index (κ2) is 9.52. The first-order valence-corrected chi connectivity index (χ1v) is 12.9. The summed E-state index contributed by atoms with van der Waals surface area (Å²) in [7, 11) is 0. The van der Waals surface area contributed by atoms with Crippen LogP contribution in [0.5, 0.6) is 0 Å². The number of halogens is 1. The lowest BCUT2D eigenvalue weighted by molar-refractivity contribution is 0.0919.